The van der Waals surface area contributed by atoms with Crippen molar-refractivity contribution in [3.63, 3.8) is 0 Å². The Balaban J connectivity index is 1.71. The molecule has 1 N–H and O–H groups in total. The van der Waals surface area contributed by atoms with Crippen molar-refractivity contribution in [3.05, 3.63) is 24.2 Å². The standard InChI is InChI=1S/C14H23NO/c1-11-3-5-13(6-4-11)9-15-12(2)14-7-8-16-10-14/h7-8,10-13,15H,3-6,9H2,1-2H3. The molecule has 16 heavy (non-hydrogen) atoms. The summed E-state index contributed by atoms with van der Waals surface area (Å²) in [5.41, 5.74) is 1.25. The van der Waals surface area contributed by atoms with Crippen molar-refractivity contribution in [2.45, 2.75) is 45.6 Å². The quantitative estimate of drug-likeness (QED) is 0.837. The predicted molar refractivity (Wildman–Crippen MR) is 66.2 cm³/mol. The van der Waals surface area contributed by atoms with Gasteiger partial charge >= 0.3 is 0 Å². The molecular formula is C14H23NO. The van der Waals surface area contributed by atoms with Crippen LogP contribution in [0, 0.1) is 11.8 Å². The molecule has 0 spiro atoms. The molecule has 2 nitrogen and oxygen atoms in total. The molecule has 1 aliphatic carbocycles. The lowest BCUT2D eigenvalue weighted by atomic mass is 9.83. The zero-order valence-corrected chi connectivity index (χ0v) is 10.4. The van der Waals surface area contributed by atoms with E-state index < -0.39 is 0 Å². The van der Waals surface area contributed by atoms with Gasteiger partial charge in [0.1, 0.15) is 0 Å². The van der Waals surface area contributed by atoms with Gasteiger partial charge in [-0.15, -0.1) is 0 Å². The van der Waals surface area contributed by atoms with E-state index >= 15 is 0 Å². The molecule has 0 saturated heterocycles. The van der Waals surface area contributed by atoms with Gasteiger partial charge in [0.05, 0.1) is 12.5 Å². The van der Waals surface area contributed by atoms with E-state index in [2.05, 4.69) is 19.2 Å². The molecule has 1 unspecified atom stereocenters. The fourth-order valence-corrected chi connectivity index (χ4v) is 2.52. The zero-order valence-electron chi connectivity index (χ0n) is 10.4. The molecule has 1 atom stereocenters. The largest absolute Gasteiger partial charge is 0.472 e. The van der Waals surface area contributed by atoms with Gasteiger partial charge in [0, 0.05) is 11.6 Å². The van der Waals surface area contributed by atoms with Gasteiger partial charge in [-0.3, -0.25) is 0 Å². The Morgan fingerprint density at radius 1 is 1.38 bits per heavy atom. The second-order valence-corrected chi connectivity index (χ2v) is 5.31. The van der Waals surface area contributed by atoms with E-state index in [1.807, 2.05) is 12.3 Å². The molecule has 1 heterocycles. The molecule has 90 valence electrons. The van der Waals surface area contributed by atoms with E-state index in [9.17, 15) is 0 Å². The molecule has 1 aromatic heterocycles. The van der Waals surface area contributed by atoms with Crippen molar-refractivity contribution in [2.24, 2.45) is 11.8 Å². The molecular weight excluding hydrogens is 198 g/mol. The van der Waals surface area contributed by atoms with Crippen LogP contribution in [-0.2, 0) is 0 Å². The number of rotatable bonds is 4. The Hall–Kier alpha value is -0.760. The van der Waals surface area contributed by atoms with Gasteiger partial charge in [0.25, 0.3) is 0 Å². The Morgan fingerprint density at radius 2 is 2.12 bits per heavy atom. The maximum absolute atomic E-state index is 5.10. The van der Waals surface area contributed by atoms with Crippen LogP contribution in [0.1, 0.15) is 51.1 Å². The van der Waals surface area contributed by atoms with Gasteiger partial charge in [-0.2, -0.15) is 0 Å². The molecule has 0 radical (unpaired) electrons. The minimum Gasteiger partial charge on any atom is -0.472 e. The normalized spacial score (nSPS) is 27.9. The van der Waals surface area contributed by atoms with E-state index in [-0.39, 0.29) is 0 Å². The summed E-state index contributed by atoms with van der Waals surface area (Å²) >= 11 is 0. The summed E-state index contributed by atoms with van der Waals surface area (Å²) in [6.45, 7) is 5.73. The van der Waals surface area contributed by atoms with Crippen LogP contribution in [0.25, 0.3) is 0 Å². The Bertz CT molecular complexity index is 286. The van der Waals surface area contributed by atoms with Gasteiger partial charge < -0.3 is 9.73 Å². The molecule has 1 aromatic rings. The smallest absolute Gasteiger partial charge is 0.0950 e. The van der Waals surface area contributed by atoms with Gasteiger partial charge in [0.15, 0.2) is 0 Å². The summed E-state index contributed by atoms with van der Waals surface area (Å²) in [5, 5.41) is 3.61. The van der Waals surface area contributed by atoms with Crippen LogP contribution in [0.15, 0.2) is 23.0 Å². The van der Waals surface area contributed by atoms with Crippen LogP contribution in [0.2, 0.25) is 0 Å². The van der Waals surface area contributed by atoms with Crippen molar-refractivity contribution in [2.75, 3.05) is 6.54 Å². The molecule has 0 amide bonds. The lowest BCUT2D eigenvalue weighted by molar-refractivity contribution is 0.276. The molecule has 2 rings (SSSR count). The lowest BCUT2D eigenvalue weighted by Gasteiger charge is -2.27. The van der Waals surface area contributed by atoms with Crippen LogP contribution in [-0.4, -0.2) is 6.54 Å². The number of hydrogen-bond acceptors (Lipinski definition) is 2. The van der Waals surface area contributed by atoms with E-state index in [4.69, 9.17) is 4.42 Å². The number of nitrogens with one attached hydrogen (secondary N) is 1. The summed E-state index contributed by atoms with van der Waals surface area (Å²) in [5.74, 6) is 1.83. The third kappa shape index (κ3) is 3.11. The average Bonchev–Trinajstić information content (AvgIpc) is 2.81. The van der Waals surface area contributed by atoms with Crippen LogP contribution < -0.4 is 5.32 Å². The highest BCUT2D eigenvalue weighted by atomic mass is 16.3. The first-order chi connectivity index (χ1) is 7.75. The first-order valence-electron chi connectivity index (χ1n) is 6.51. The van der Waals surface area contributed by atoms with E-state index in [0.717, 1.165) is 18.4 Å². The van der Waals surface area contributed by atoms with E-state index in [0.29, 0.717) is 6.04 Å². The van der Waals surface area contributed by atoms with Crippen LogP contribution in [0.3, 0.4) is 0 Å². The maximum Gasteiger partial charge on any atom is 0.0950 e. The first kappa shape index (κ1) is 11.7. The average molecular weight is 221 g/mol. The Kier molecular flexibility index (Phi) is 4.05. The summed E-state index contributed by atoms with van der Waals surface area (Å²) in [7, 11) is 0. The van der Waals surface area contributed by atoms with E-state index in [1.165, 1.54) is 31.2 Å². The molecule has 0 aromatic carbocycles. The third-order valence-electron chi connectivity index (χ3n) is 3.89. The van der Waals surface area contributed by atoms with Gasteiger partial charge in [-0.1, -0.05) is 19.8 Å². The van der Waals surface area contributed by atoms with Gasteiger partial charge in [-0.25, -0.2) is 0 Å². The summed E-state index contributed by atoms with van der Waals surface area (Å²) in [6.07, 6.45) is 9.19. The molecule has 2 heteroatoms. The third-order valence-corrected chi connectivity index (χ3v) is 3.89. The van der Waals surface area contributed by atoms with Gasteiger partial charge in [-0.05, 0) is 44.2 Å². The summed E-state index contributed by atoms with van der Waals surface area (Å²) in [6, 6.07) is 2.46. The number of furan rings is 1. The first-order valence-corrected chi connectivity index (χ1v) is 6.51. The number of hydrogen-bond donors (Lipinski definition) is 1. The minimum absolute atomic E-state index is 0.415. The van der Waals surface area contributed by atoms with E-state index in [1.54, 1.807) is 6.26 Å². The highest BCUT2D eigenvalue weighted by Crippen LogP contribution is 2.28. The monoisotopic (exact) mass is 221 g/mol. The van der Waals surface area contributed by atoms with Crippen molar-refractivity contribution in [1.29, 1.82) is 0 Å². The molecule has 1 saturated carbocycles. The molecule has 1 fully saturated rings. The summed E-state index contributed by atoms with van der Waals surface area (Å²) in [4.78, 5) is 0. The van der Waals surface area contributed by atoms with Crippen LogP contribution in [0.4, 0.5) is 0 Å². The second kappa shape index (κ2) is 5.53. The predicted octanol–water partition coefficient (Wildman–Crippen LogP) is 3.76. The topological polar surface area (TPSA) is 25.2 Å². The zero-order chi connectivity index (χ0) is 11.4. The van der Waals surface area contributed by atoms with Crippen molar-refractivity contribution in [1.82, 2.24) is 5.32 Å². The van der Waals surface area contributed by atoms with Gasteiger partial charge in [0.2, 0.25) is 0 Å². The fraction of sp³-hybridized carbons (Fsp3) is 0.714. The van der Waals surface area contributed by atoms with Crippen LogP contribution in [0.5, 0.6) is 0 Å². The van der Waals surface area contributed by atoms with Crippen molar-refractivity contribution < 1.29 is 4.42 Å². The second-order valence-electron chi connectivity index (χ2n) is 5.31. The lowest BCUT2D eigenvalue weighted by Crippen LogP contribution is -2.28. The van der Waals surface area contributed by atoms with Crippen molar-refractivity contribution >= 4 is 0 Å². The summed E-state index contributed by atoms with van der Waals surface area (Å²) < 4.78 is 5.10. The molecule has 1 aliphatic rings. The highest BCUT2D eigenvalue weighted by molar-refractivity contribution is 5.10. The maximum atomic E-state index is 5.10. The fourth-order valence-electron chi connectivity index (χ4n) is 2.52. The Labute approximate surface area is 98.4 Å². The molecule has 0 aliphatic heterocycles. The van der Waals surface area contributed by atoms with Crippen molar-refractivity contribution in [3.8, 4) is 0 Å². The minimum atomic E-state index is 0.415. The molecule has 0 bridgehead atoms. The highest BCUT2D eigenvalue weighted by Gasteiger charge is 2.18. The SMILES string of the molecule is CC1CCC(CNC(C)c2ccoc2)CC1. The Morgan fingerprint density at radius 3 is 2.75 bits per heavy atom. The van der Waals surface area contributed by atoms with Crippen LogP contribution >= 0.6 is 0 Å².